The van der Waals surface area contributed by atoms with Crippen molar-refractivity contribution in [1.82, 2.24) is 0 Å². The average Bonchev–Trinajstić information content (AvgIpc) is 3.01. The van der Waals surface area contributed by atoms with E-state index in [0.29, 0.717) is 11.7 Å². The molecule has 132 valence electrons. The molecule has 0 bridgehead atoms. The van der Waals surface area contributed by atoms with E-state index in [9.17, 15) is 8.42 Å². The van der Waals surface area contributed by atoms with Gasteiger partial charge in [-0.05, 0) is 77.1 Å². The van der Waals surface area contributed by atoms with Gasteiger partial charge in [0.15, 0.2) is 0 Å². The monoisotopic (exact) mass is 358 g/mol. The molecule has 0 heterocycles. The van der Waals surface area contributed by atoms with Crippen molar-refractivity contribution in [3.05, 3.63) is 46.5 Å². The molecule has 25 heavy (non-hydrogen) atoms. The third-order valence-corrected chi connectivity index (χ3v) is 6.93. The van der Waals surface area contributed by atoms with Gasteiger partial charge in [-0.15, -0.1) is 0 Å². The van der Waals surface area contributed by atoms with E-state index in [-0.39, 0.29) is 4.90 Å². The summed E-state index contributed by atoms with van der Waals surface area (Å²) in [5.41, 5.74) is 7.60. The van der Waals surface area contributed by atoms with Gasteiger partial charge < -0.3 is 4.74 Å². The average molecular weight is 358 g/mol. The molecule has 2 aromatic carbocycles. The first kappa shape index (κ1) is 16.6. The van der Waals surface area contributed by atoms with Gasteiger partial charge >= 0.3 is 0 Å². The van der Waals surface area contributed by atoms with E-state index in [0.717, 1.165) is 36.0 Å². The maximum Gasteiger partial charge on any atom is 0.300 e. The van der Waals surface area contributed by atoms with Crippen LogP contribution >= 0.6 is 0 Å². The molecular weight excluding hydrogens is 336 g/mol. The first-order chi connectivity index (χ1) is 12.0. The van der Waals surface area contributed by atoms with Crippen LogP contribution < -0.4 is 4.74 Å². The Labute approximate surface area is 148 Å². The van der Waals surface area contributed by atoms with E-state index < -0.39 is 10.1 Å². The van der Waals surface area contributed by atoms with Crippen molar-refractivity contribution in [3.63, 3.8) is 0 Å². The highest BCUT2D eigenvalue weighted by molar-refractivity contribution is 7.86. The lowest BCUT2D eigenvalue weighted by Gasteiger charge is -2.24. The molecule has 2 aromatic rings. The van der Waals surface area contributed by atoms with Gasteiger partial charge in [-0.25, -0.2) is 0 Å². The Balaban J connectivity index is 1.95. The molecule has 5 heteroatoms. The van der Waals surface area contributed by atoms with Crippen LogP contribution in [0.15, 0.2) is 29.2 Å². The first-order valence-corrected chi connectivity index (χ1v) is 10.0. The van der Waals surface area contributed by atoms with E-state index in [1.54, 1.807) is 6.07 Å². The fourth-order valence-corrected chi connectivity index (χ4v) is 5.12. The number of benzene rings is 2. The van der Waals surface area contributed by atoms with E-state index in [1.165, 1.54) is 37.3 Å². The normalized spacial score (nSPS) is 18.4. The molecule has 0 N–H and O–H groups in total. The Kier molecular flexibility index (Phi) is 3.89. The molecule has 0 aliphatic heterocycles. The summed E-state index contributed by atoms with van der Waals surface area (Å²) < 4.78 is 34.7. The molecule has 0 radical (unpaired) electrons. The van der Waals surface area contributed by atoms with Gasteiger partial charge in [0.1, 0.15) is 10.6 Å². The zero-order valence-corrected chi connectivity index (χ0v) is 15.6. The van der Waals surface area contributed by atoms with Crippen molar-refractivity contribution >= 4 is 10.1 Å². The minimum absolute atomic E-state index is 0.0953. The number of hydrogen-bond acceptors (Lipinski definition) is 4. The number of ether oxygens (including phenoxy) is 1. The standard InChI is InChI=1S/C20H22O4S/c1-12-4-6-15-14(12)8-9-17-16(15)7-5-13-10-19(23-2)20(11-18(13)17)25(21,22)24-3/h8-12H,4-7H2,1-3H3/t12-/m0/s1. The van der Waals surface area contributed by atoms with Crippen molar-refractivity contribution in [3.8, 4) is 16.9 Å². The van der Waals surface area contributed by atoms with Crippen LogP contribution in [0.1, 0.15) is 41.5 Å². The van der Waals surface area contributed by atoms with Gasteiger partial charge in [-0.2, -0.15) is 8.42 Å². The molecular formula is C20H22O4S. The van der Waals surface area contributed by atoms with Crippen LogP contribution in [0, 0.1) is 0 Å². The largest absolute Gasteiger partial charge is 0.495 e. The van der Waals surface area contributed by atoms with Crippen molar-refractivity contribution in [2.75, 3.05) is 14.2 Å². The van der Waals surface area contributed by atoms with Crippen LogP contribution in [0.2, 0.25) is 0 Å². The molecule has 4 rings (SSSR count). The van der Waals surface area contributed by atoms with Gasteiger partial charge in [0.2, 0.25) is 0 Å². The Morgan fingerprint density at radius 1 is 1.00 bits per heavy atom. The quantitative estimate of drug-likeness (QED) is 0.782. The number of aryl methyl sites for hydroxylation is 1. The fourth-order valence-electron chi connectivity index (χ4n) is 4.29. The summed E-state index contributed by atoms with van der Waals surface area (Å²) in [6.07, 6.45) is 4.22. The van der Waals surface area contributed by atoms with Crippen LogP contribution in [0.3, 0.4) is 0 Å². The summed E-state index contributed by atoms with van der Waals surface area (Å²) >= 11 is 0. The summed E-state index contributed by atoms with van der Waals surface area (Å²) in [6.45, 7) is 2.28. The Bertz CT molecular complexity index is 960. The molecule has 0 saturated heterocycles. The molecule has 0 aromatic heterocycles. The van der Waals surface area contributed by atoms with Crippen LogP contribution in [0.4, 0.5) is 0 Å². The van der Waals surface area contributed by atoms with Crippen molar-refractivity contribution in [2.24, 2.45) is 0 Å². The zero-order valence-electron chi connectivity index (χ0n) is 14.8. The first-order valence-electron chi connectivity index (χ1n) is 8.63. The Morgan fingerprint density at radius 3 is 2.52 bits per heavy atom. The van der Waals surface area contributed by atoms with Gasteiger partial charge in [-0.1, -0.05) is 19.1 Å². The van der Waals surface area contributed by atoms with Crippen LogP contribution in [0.25, 0.3) is 11.1 Å². The minimum Gasteiger partial charge on any atom is -0.495 e. The molecule has 0 fully saturated rings. The summed E-state index contributed by atoms with van der Waals surface area (Å²) in [6, 6.07) is 7.94. The molecule has 0 unspecified atom stereocenters. The molecule has 0 saturated carbocycles. The van der Waals surface area contributed by atoms with Gasteiger partial charge in [-0.3, -0.25) is 4.18 Å². The maximum absolute atomic E-state index is 12.3. The summed E-state index contributed by atoms with van der Waals surface area (Å²) in [7, 11) is -1.16. The van der Waals surface area contributed by atoms with Crippen LogP contribution in [-0.4, -0.2) is 22.6 Å². The lowest BCUT2D eigenvalue weighted by molar-refractivity contribution is 0.378. The second kappa shape index (κ2) is 5.85. The second-order valence-corrected chi connectivity index (χ2v) is 8.56. The van der Waals surface area contributed by atoms with Gasteiger partial charge in [0.05, 0.1) is 14.2 Å². The van der Waals surface area contributed by atoms with Crippen LogP contribution in [-0.2, 0) is 33.6 Å². The highest BCUT2D eigenvalue weighted by atomic mass is 32.2. The topological polar surface area (TPSA) is 52.6 Å². The molecule has 0 amide bonds. The summed E-state index contributed by atoms with van der Waals surface area (Å²) in [5, 5.41) is 0. The van der Waals surface area contributed by atoms with Crippen molar-refractivity contribution in [1.29, 1.82) is 0 Å². The lowest BCUT2D eigenvalue weighted by atomic mass is 9.82. The molecule has 0 spiro atoms. The van der Waals surface area contributed by atoms with Gasteiger partial charge in [0.25, 0.3) is 10.1 Å². The minimum atomic E-state index is -3.82. The smallest absolute Gasteiger partial charge is 0.300 e. The summed E-state index contributed by atoms with van der Waals surface area (Å²) in [5.74, 6) is 0.959. The van der Waals surface area contributed by atoms with Gasteiger partial charge in [0, 0.05) is 0 Å². The number of fused-ring (bicyclic) bond motifs is 5. The lowest BCUT2D eigenvalue weighted by Crippen LogP contribution is -2.11. The van der Waals surface area contributed by atoms with E-state index in [1.807, 2.05) is 6.07 Å². The predicted octanol–water partition coefficient (Wildman–Crippen LogP) is 3.85. The third-order valence-electron chi connectivity index (χ3n) is 5.64. The summed E-state index contributed by atoms with van der Waals surface area (Å²) in [4.78, 5) is 0.0953. The Hall–Kier alpha value is -1.85. The predicted molar refractivity (Wildman–Crippen MR) is 96.8 cm³/mol. The van der Waals surface area contributed by atoms with E-state index in [4.69, 9.17) is 8.92 Å². The SMILES string of the molecule is COc1cc2c(cc1S(=O)(=O)OC)-c1ccc3c(c1CC2)CC[C@@H]3C. The maximum atomic E-state index is 12.3. The highest BCUT2D eigenvalue weighted by Crippen LogP contribution is 2.44. The molecule has 2 aliphatic carbocycles. The van der Waals surface area contributed by atoms with E-state index in [2.05, 4.69) is 19.1 Å². The van der Waals surface area contributed by atoms with Crippen molar-refractivity contribution in [2.45, 2.75) is 43.4 Å². The van der Waals surface area contributed by atoms with E-state index >= 15 is 0 Å². The van der Waals surface area contributed by atoms with Crippen molar-refractivity contribution < 1.29 is 17.3 Å². The Morgan fingerprint density at radius 2 is 1.80 bits per heavy atom. The van der Waals surface area contributed by atoms with Crippen LogP contribution in [0.5, 0.6) is 5.75 Å². The number of methoxy groups -OCH3 is 1. The molecule has 4 nitrogen and oxygen atoms in total. The highest BCUT2D eigenvalue weighted by Gasteiger charge is 2.29. The molecule has 2 aliphatic rings. The second-order valence-electron chi connectivity index (χ2n) is 6.88. The number of hydrogen-bond donors (Lipinski definition) is 0. The fraction of sp³-hybridized carbons (Fsp3) is 0.400. The zero-order chi connectivity index (χ0) is 17.8. The third kappa shape index (κ3) is 2.49. The molecule has 1 atom stereocenters. The number of rotatable bonds is 3.